The Morgan fingerprint density at radius 3 is 2.96 bits per heavy atom. The molecule has 1 fully saturated rings. The van der Waals surface area contributed by atoms with Crippen molar-refractivity contribution < 1.29 is 9.53 Å². The zero-order valence-electron chi connectivity index (χ0n) is 13.9. The Balaban J connectivity index is 1.36. The van der Waals surface area contributed by atoms with Crippen molar-refractivity contribution in [3.05, 3.63) is 38.0 Å². The number of hydrogen-bond acceptors (Lipinski definition) is 5. The first-order valence-electron chi connectivity index (χ1n) is 8.56. The summed E-state index contributed by atoms with van der Waals surface area (Å²) in [6.07, 6.45) is 4.16. The minimum atomic E-state index is -0.134. The summed E-state index contributed by atoms with van der Waals surface area (Å²) >= 11 is 3.46. The number of carbonyl (C=O) groups is 1. The van der Waals surface area contributed by atoms with Crippen molar-refractivity contribution in [2.24, 2.45) is 0 Å². The molecule has 0 atom stereocenters. The zero-order chi connectivity index (χ0) is 16.6. The minimum Gasteiger partial charge on any atom is -0.369 e. The smallest absolute Gasteiger partial charge is 0.222 e. The first kappa shape index (κ1) is 16.2. The second-order valence-corrected chi connectivity index (χ2v) is 8.58. The summed E-state index contributed by atoms with van der Waals surface area (Å²) in [5, 5.41) is 5.30. The van der Waals surface area contributed by atoms with Crippen LogP contribution in [0.4, 0.5) is 0 Å². The number of amides is 1. The SMILES string of the molecule is Cc1nc(CCC(=O)N2CCC3(CC2)OCCc2ccsc23)cs1. The van der Waals surface area contributed by atoms with Gasteiger partial charge in [-0.3, -0.25) is 4.79 Å². The lowest BCUT2D eigenvalue weighted by Gasteiger charge is -2.43. The molecule has 1 saturated heterocycles. The first-order valence-corrected chi connectivity index (χ1v) is 10.3. The molecule has 128 valence electrons. The highest BCUT2D eigenvalue weighted by Gasteiger charge is 2.42. The van der Waals surface area contributed by atoms with E-state index in [1.165, 1.54) is 10.4 Å². The fourth-order valence-electron chi connectivity index (χ4n) is 3.76. The number of piperidine rings is 1. The van der Waals surface area contributed by atoms with Crippen LogP contribution in [0, 0.1) is 6.92 Å². The third kappa shape index (κ3) is 3.03. The van der Waals surface area contributed by atoms with Crippen molar-refractivity contribution in [2.75, 3.05) is 19.7 Å². The van der Waals surface area contributed by atoms with E-state index in [9.17, 15) is 4.79 Å². The lowest BCUT2D eigenvalue weighted by molar-refractivity contribution is -0.140. The molecule has 2 aromatic heterocycles. The number of hydrogen-bond donors (Lipinski definition) is 0. The van der Waals surface area contributed by atoms with E-state index in [0.717, 1.165) is 56.1 Å². The molecule has 2 aromatic rings. The Labute approximate surface area is 150 Å². The molecule has 0 aromatic carbocycles. The summed E-state index contributed by atoms with van der Waals surface area (Å²) in [7, 11) is 0. The third-order valence-corrected chi connectivity index (χ3v) is 7.06. The summed E-state index contributed by atoms with van der Waals surface area (Å²) in [6.45, 7) is 4.41. The molecule has 6 heteroatoms. The van der Waals surface area contributed by atoms with Gasteiger partial charge in [-0.2, -0.15) is 0 Å². The van der Waals surface area contributed by atoms with Gasteiger partial charge in [0.25, 0.3) is 0 Å². The molecular formula is C18H22N2O2S2. The van der Waals surface area contributed by atoms with Gasteiger partial charge in [0.1, 0.15) is 5.60 Å². The van der Waals surface area contributed by atoms with E-state index in [0.29, 0.717) is 6.42 Å². The molecule has 4 rings (SSSR count). The van der Waals surface area contributed by atoms with Gasteiger partial charge in [0.2, 0.25) is 5.91 Å². The predicted molar refractivity (Wildman–Crippen MR) is 96.6 cm³/mol. The maximum atomic E-state index is 12.5. The topological polar surface area (TPSA) is 42.4 Å². The molecule has 2 aliphatic heterocycles. The van der Waals surface area contributed by atoms with Crippen LogP contribution in [0.2, 0.25) is 0 Å². The molecule has 0 bridgehead atoms. The number of ether oxygens (including phenoxy) is 1. The Morgan fingerprint density at radius 1 is 1.38 bits per heavy atom. The number of likely N-dealkylation sites (tertiary alicyclic amines) is 1. The number of carbonyl (C=O) groups excluding carboxylic acids is 1. The molecule has 0 N–H and O–H groups in total. The quantitative estimate of drug-likeness (QED) is 0.839. The van der Waals surface area contributed by atoms with Crippen molar-refractivity contribution in [2.45, 2.75) is 44.6 Å². The fourth-order valence-corrected chi connectivity index (χ4v) is 5.57. The molecule has 4 nitrogen and oxygen atoms in total. The van der Waals surface area contributed by atoms with Crippen LogP contribution in [0.25, 0.3) is 0 Å². The molecule has 1 amide bonds. The maximum Gasteiger partial charge on any atom is 0.222 e. The predicted octanol–water partition coefficient (Wildman–Crippen LogP) is 3.54. The average Bonchev–Trinajstić information content (AvgIpc) is 3.23. The number of aromatic nitrogens is 1. The van der Waals surface area contributed by atoms with Crippen LogP contribution >= 0.6 is 22.7 Å². The standard InChI is InChI=1S/C18H22N2O2S2/c1-13-19-15(12-24-13)2-3-16(21)20-8-6-18(7-9-20)17-14(4-10-22-18)5-11-23-17/h5,11-12H,2-4,6-10H2,1H3. The van der Waals surface area contributed by atoms with E-state index in [1.54, 1.807) is 11.3 Å². The van der Waals surface area contributed by atoms with Crippen LogP contribution in [0.5, 0.6) is 0 Å². The minimum absolute atomic E-state index is 0.134. The summed E-state index contributed by atoms with van der Waals surface area (Å²) < 4.78 is 6.22. The normalized spacial score (nSPS) is 19.5. The Hall–Kier alpha value is -1.24. The summed E-state index contributed by atoms with van der Waals surface area (Å²) in [6, 6.07) is 2.23. The molecule has 24 heavy (non-hydrogen) atoms. The highest BCUT2D eigenvalue weighted by Crippen LogP contribution is 2.44. The summed E-state index contributed by atoms with van der Waals surface area (Å²) in [4.78, 5) is 20.4. The van der Waals surface area contributed by atoms with Gasteiger partial charge in [-0.05, 0) is 49.6 Å². The van der Waals surface area contributed by atoms with Crippen molar-refractivity contribution in [1.82, 2.24) is 9.88 Å². The molecule has 0 aliphatic carbocycles. The van der Waals surface area contributed by atoms with E-state index in [-0.39, 0.29) is 11.5 Å². The van der Waals surface area contributed by atoms with Crippen molar-refractivity contribution in [3.63, 3.8) is 0 Å². The fraction of sp³-hybridized carbons (Fsp3) is 0.556. The van der Waals surface area contributed by atoms with Gasteiger partial charge in [0.05, 0.1) is 17.3 Å². The maximum absolute atomic E-state index is 12.5. The molecule has 0 radical (unpaired) electrons. The number of thiazole rings is 1. The van der Waals surface area contributed by atoms with Crippen LogP contribution in [-0.4, -0.2) is 35.5 Å². The third-order valence-electron chi connectivity index (χ3n) is 5.10. The van der Waals surface area contributed by atoms with Crippen molar-refractivity contribution >= 4 is 28.6 Å². The summed E-state index contributed by atoms with van der Waals surface area (Å²) in [5.74, 6) is 0.248. The average molecular weight is 363 g/mol. The molecule has 2 aliphatic rings. The Kier molecular flexibility index (Phi) is 4.45. The number of nitrogens with zero attached hydrogens (tertiary/aromatic N) is 2. The van der Waals surface area contributed by atoms with Gasteiger partial charge in [0, 0.05) is 29.8 Å². The second kappa shape index (κ2) is 6.58. The lowest BCUT2D eigenvalue weighted by atomic mass is 9.85. The Morgan fingerprint density at radius 2 is 2.21 bits per heavy atom. The van der Waals surface area contributed by atoms with Crippen LogP contribution in [0.3, 0.4) is 0 Å². The molecule has 0 unspecified atom stereocenters. The molecule has 0 saturated carbocycles. The second-order valence-electron chi connectivity index (χ2n) is 6.61. The van der Waals surface area contributed by atoms with Gasteiger partial charge in [0.15, 0.2) is 0 Å². The van der Waals surface area contributed by atoms with Gasteiger partial charge < -0.3 is 9.64 Å². The Bertz CT molecular complexity index is 729. The van der Waals surface area contributed by atoms with E-state index >= 15 is 0 Å². The van der Waals surface area contributed by atoms with Gasteiger partial charge >= 0.3 is 0 Å². The lowest BCUT2D eigenvalue weighted by Crippen LogP contribution is -2.47. The first-order chi connectivity index (χ1) is 11.7. The van der Waals surface area contributed by atoms with E-state index in [4.69, 9.17) is 4.74 Å². The highest BCUT2D eigenvalue weighted by atomic mass is 32.1. The highest BCUT2D eigenvalue weighted by molar-refractivity contribution is 7.10. The van der Waals surface area contributed by atoms with E-state index < -0.39 is 0 Å². The number of aryl methyl sites for hydroxylation is 2. The van der Waals surface area contributed by atoms with Crippen LogP contribution in [0.15, 0.2) is 16.8 Å². The number of thiophene rings is 1. The molecular weight excluding hydrogens is 340 g/mol. The summed E-state index contributed by atoms with van der Waals surface area (Å²) in [5.41, 5.74) is 2.35. The van der Waals surface area contributed by atoms with E-state index in [2.05, 4.69) is 21.8 Å². The van der Waals surface area contributed by atoms with Crippen LogP contribution < -0.4 is 0 Å². The number of rotatable bonds is 3. The molecule has 1 spiro atoms. The van der Waals surface area contributed by atoms with Gasteiger partial charge in [-0.15, -0.1) is 22.7 Å². The van der Waals surface area contributed by atoms with Crippen LogP contribution in [-0.2, 0) is 28.0 Å². The van der Waals surface area contributed by atoms with Crippen molar-refractivity contribution in [3.8, 4) is 0 Å². The largest absolute Gasteiger partial charge is 0.369 e. The van der Waals surface area contributed by atoms with Crippen LogP contribution in [0.1, 0.15) is 40.4 Å². The van der Waals surface area contributed by atoms with Crippen molar-refractivity contribution in [1.29, 1.82) is 0 Å². The zero-order valence-corrected chi connectivity index (χ0v) is 15.5. The number of fused-ring (bicyclic) bond motifs is 2. The van der Waals surface area contributed by atoms with Gasteiger partial charge in [-0.25, -0.2) is 4.98 Å². The van der Waals surface area contributed by atoms with E-state index in [1.807, 2.05) is 23.2 Å². The monoisotopic (exact) mass is 362 g/mol. The van der Waals surface area contributed by atoms with Gasteiger partial charge in [-0.1, -0.05) is 0 Å². The molecule has 4 heterocycles.